The van der Waals surface area contributed by atoms with Gasteiger partial charge in [0.2, 0.25) is 88.6 Å². The lowest BCUT2D eigenvalue weighted by molar-refractivity contribution is -0.141. The number of amides is 15. The smallest absolute Gasteiger partial charge is 0.305 e. The number of nitrogens with two attached hydrogens (primary N) is 3. The van der Waals surface area contributed by atoms with E-state index < -0.39 is 266 Å². The highest BCUT2D eigenvalue weighted by Gasteiger charge is 2.41. The van der Waals surface area contributed by atoms with Crippen molar-refractivity contribution in [1.82, 2.24) is 85.1 Å². The Labute approximate surface area is 732 Å². The first-order valence-electron chi connectivity index (χ1n) is 42.2. The summed E-state index contributed by atoms with van der Waals surface area (Å²) in [6.45, 7) is 15.9. The Kier molecular flexibility index (Phi) is 49.7. The van der Waals surface area contributed by atoms with Crippen molar-refractivity contribution >= 4 is 118 Å². The molecule has 0 aliphatic carbocycles. The van der Waals surface area contributed by atoms with Gasteiger partial charge in [-0.05, 0) is 133 Å². The van der Waals surface area contributed by atoms with Gasteiger partial charge in [-0.15, -0.1) is 0 Å². The molecule has 0 unspecified atom stereocenters. The van der Waals surface area contributed by atoms with Crippen molar-refractivity contribution in [3.63, 3.8) is 0 Å². The molecule has 0 fully saturated rings. The van der Waals surface area contributed by atoms with Crippen LogP contribution < -0.4 is 102 Å². The first-order chi connectivity index (χ1) is 59.2. The van der Waals surface area contributed by atoms with Gasteiger partial charge in [-0.3, -0.25) is 96.5 Å². The van der Waals surface area contributed by atoms with Crippen molar-refractivity contribution in [2.45, 2.75) is 288 Å². The van der Waals surface area contributed by atoms with Crippen LogP contribution in [0.2, 0.25) is 0 Å². The number of guanidine groups is 1. The summed E-state index contributed by atoms with van der Waals surface area (Å²) in [5, 5.41) is 87.3. The Morgan fingerprint density at radius 3 is 1.17 bits per heavy atom. The molecular weight excluding hydrogens is 1650 g/mol. The van der Waals surface area contributed by atoms with Gasteiger partial charge in [-0.25, -0.2) is 0 Å². The summed E-state index contributed by atoms with van der Waals surface area (Å²) in [5.41, 5.74) is 16.4. The molecule has 0 aliphatic heterocycles. The Hall–Kier alpha value is -12.4. The molecule has 0 spiro atoms. The van der Waals surface area contributed by atoms with E-state index in [-0.39, 0.29) is 89.3 Å². The monoisotopic (exact) mass is 1780 g/mol. The zero-order chi connectivity index (χ0) is 95.1. The average molecular weight is 1780 g/mol. The molecule has 0 saturated carbocycles. The van der Waals surface area contributed by atoms with Gasteiger partial charge in [0.1, 0.15) is 78.0 Å². The Balaban J connectivity index is 2.50. The molecule has 0 radical (unpaired) electrons. The van der Waals surface area contributed by atoms with Gasteiger partial charge in [0.05, 0.1) is 12.5 Å². The maximum atomic E-state index is 14.5. The third-order valence-corrected chi connectivity index (χ3v) is 19.8. The molecule has 702 valence electrons. The summed E-state index contributed by atoms with van der Waals surface area (Å²) in [5.74, 6) is -22.2. The lowest BCUT2D eigenvalue weighted by Crippen LogP contribution is -2.63. The van der Waals surface area contributed by atoms with Gasteiger partial charge in [0.15, 0.2) is 5.96 Å². The highest BCUT2D eigenvalue weighted by Crippen LogP contribution is 2.17. The third kappa shape index (κ3) is 43.3. The molecule has 2 rings (SSSR count). The van der Waals surface area contributed by atoms with Crippen LogP contribution in [0, 0.1) is 23.2 Å². The first-order valence-corrected chi connectivity index (χ1v) is 42.2. The van der Waals surface area contributed by atoms with E-state index in [9.17, 15) is 112 Å². The van der Waals surface area contributed by atoms with E-state index in [1.54, 1.807) is 95.3 Å². The van der Waals surface area contributed by atoms with Crippen molar-refractivity contribution in [2.24, 2.45) is 35.0 Å². The lowest BCUT2D eigenvalue weighted by atomic mass is 9.98. The predicted octanol–water partition coefficient (Wildman–Crippen LogP) is -2.47. The van der Waals surface area contributed by atoms with Crippen LogP contribution in [0.1, 0.15) is 202 Å². The highest BCUT2D eigenvalue weighted by molar-refractivity contribution is 6.01. The molecule has 43 nitrogen and oxygen atoms in total. The van der Waals surface area contributed by atoms with Gasteiger partial charge in [-0.1, -0.05) is 122 Å². The number of rotatable bonds is 62. The largest absolute Gasteiger partial charge is 0.481 e. The molecular formula is C83H132N20O23. The molecule has 0 aliphatic rings. The van der Waals surface area contributed by atoms with Crippen molar-refractivity contribution in [2.75, 3.05) is 20.1 Å². The molecule has 0 heterocycles. The minimum Gasteiger partial charge on any atom is -0.481 e. The number of aliphatic carboxylic acids is 4. The molecule has 0 aromatic heterocycles. The zero-order valence-electron chi connectivity index (χ0n) is 73.6. The van der Waals surface area contributed by atoms with E-state index in [4.69, 9.17) is 22.6 Å². The molecule has 0 saturated heterocycles. The second-order valence-corrected chi connectivity index (χ2v) is 32.4. The number of primary amides is 1. The van der Waals surface area contributed by atoms with Crippen LogP contribution in [0.5, 0.6) is 0 Å². The number of carboxylic acid groups (broad SMARTS) is 4. The number of hydrogen-bond acceptors (Lipinski definition) is 22. The molecule has 2 aromatic carbocycles. The fourth-order valence-electron chi connectivity index (χ4n) is 12.7. The van der Waals surface area contributed by atoms with Crippen molar-refractivity contribution in [3.8, 4) is 0 Å². The van der Waals surface area contributed by atoms with Crippen molar-refractivity contribution in [3.05, 3.63) is 71.8 Å². The highest BCUT2D eigenvalue weighted by atomic mass is 16.4. The van der Waals surface area contributed by atoms with E-state index in [1.807, 2.05) is 0 Å². The topological polar surface area (TPSA) is 700 Å². The normalized spacial score (nSPS) is 14.3. The summed E-state index contributed by atoms with van der Waals surface area (Å²) in [6.07, 6.45) is -5.60. The van der Waals surface area contributed by atoms with Gasteiger partial charge in [0.25, 0.3) is 0 Å². The number of hydrogen-bond donors (Lipinski definition) is 24. The zero-order valence-corrected chi connectivity index (χ0v) is 73.6. The molecule has 2 aromatic rings. The molecule has 27 N–H and O–H groups in total. The molecule has 13 atom stereocenters. The van der Waals surface area contributed by atoms with Crippen LogP contribution >= 0.6 is 0 Å². The lowest BCUT2D eigenvalue weighted by Gasteiger charge is -2.31. The Bertz CT molecular complexity index is 4000. The standard InChI is InChI=1S/C83H132N20O23/c1-12-13-27-51(92-74(119)54(30-34-62(85)104)93-73(118)53(28-20-21-38-84)101-81(126)83(9,10)103-79(124)60(41-46(4)5)99-77(122)58(43-66(111)112)90-44-50-25-18-15-19-26-50)71(116)95-56(32-36-64(107)108)76(121)96-57(33-37-65(109)110)75(120)94-55(31-35-63(105)106)70(115)91-48(8)68(113)102-67(47(6)7)80(125)97-52(29-22-39-89-82(86)87)72(117)98-59(40-45(2)3)78(123)100-61(69(114)88-11)42-49-23-16-14-17-24-49/h14-19,23-26,45-48,51-61,67,90H,12-13,20-22,27-44,84H2,1-11H3,(H2,85,104)(H,88,114)(H,91,115)(H,92,119)(H,93,118)(H,94,120)(H,95,116)(H,96,121)(H,97,125)(H,98,117)(H,99,122)(H,100,123)(H,101,126)(H,102,113)(H,103,124)(H,105,106)(H,107,108)(H,109,110)(H,111,112)(H4,86,87,89)/t48-,51-,52+,53-,54-,55-,56-,57-,58-,59-,60-,61-,67-/m0/s1. The summed E-state index contributed by atoms with van der Waals surface area (Å²) < 4.78 is 0. The van der Waals surface area contributed by atoms with Crippen LogP contribution in [-0.2, 0) is 104 Å². The number of likely N-dealkylation sites (N-methyl/N-ethyl adjacent to an activating group) is 1. The second kappa shape index (κ2) is 57.2. The van der Waals surface area contributed by atoms with Crippen LogP contribution in [0.3, 0.4) is 0 Å². The maximum absolute atomic E-state index is 14.5. The van der Waals surface area contributed by atoms with Crippen molar-refractivity contribution in [1.29, 1.82) is 5.41 Å². The summed E-state index contributed by atoms with van der Waals surface area (Å²) in [6, 6.07) is -2.49. The molecule has 126 heavy (non-hydrogen) atoms. The number of benzene rings is 2. The van der Waals surface area contributed by atoms with E-state index >= 15 is 0 Å². The van der Waals surface area contributed by atoms with Gasteiger partial charge in [0, 0.05) is 52.2 Å². The minimum absolute atomic E-state index is 0.0254. The van der Waals surface area contributed by atoms with Gasteiger partial charge in [-0.2, -0.15) is 0 Å². The fraction of sp³-hybridized carbons (Fsp3) is 0.614. The third-order valence-electron chi connectivity index (χ3n) is 19.8. The van der Waals surface area contributed by atoms with Crippen molar-refractivity contribution < 1.29 is 112 Å². The summed E-state index contributed by atoms with van der Waals surface area (Å²) >= 11 is 0. The van der Waals surface area contributed by atoms with Gasteiger partial charge >= 0.3 is 23.9 Å². The van der Waals surface area contributed by atoms with E-state index in [1.165, 1.54) is 34.7 Å². The fourth-order valence-corrected chi connectivity index (χ4v) is 12.7. The van der Waals surface area contributed by atoms with Crippen LogP contribution in [-0.4, -0.2) is 243 Å². The van der Waals surface area contributed by atoms with Crippen LogP contribution in [0.15, 0.2) is 60.7 Å². The van der Waals surface area contributed by atoms with Crippen LogP contribution in [0.4, 0.5) is 0 Å². The number of unbranched alkanes of at least 4 members (excludes halogenated alkanes) is 2. The minimum atomic E-state index is -1.98. The Morgan fingerprint density at radius 1 is 0.397 bits per heavy atom. The first kappa shape index (κ1) is 110. The van der Waals surface area contributed by atoms with E-state index in [0.717, 1.165) is 18.1 Å². The maximum Gasteiger partial charge on any atom is 0.305 e. The number of carbonyl (C=O) groups excluding carboxylic acids is 15. The summed E-state index contributed by atoms with van der Waals surface area (Å²) in [7, 11) is 1.40. The number of carboxylic acids is 4. The summed E-state index contributed by atoms with van der Waals surface area (Å²) in [4.78, 5) is 259. The van der Waals surface area contributed by atoms with Crippen LogP contribution in [0.25, 0.3) is 0 Å². The van der Waals surface area contributed by atoms with Gasteiger partial charge < -0.3 is 123 Å². The number of carbonyl (C=O) groups is 19. The SMILES string of the molecule is CCCC[C@H](NC(=O)[C@H](CCC(N)=O)NC(=O)[C@H](CCCCN)NC(=O)C(C)(C)NC(=O)[C@H](CC(C)C)NC(=O)[C@H](CC(=O)O)NCc1ccccc1)C(=O)N[C@@H](CCC(=O)O)C(=O)N[C@@H](CCC(=O)O)C(=O)N[C@@H](CCC(=O)O)C(=O)N[C@@H](C)C(=O)N[C@H](C(=O)N[C@H](CCCNC(=N)N)C(=O)N[C@@H](CC(C)C)C(=O)N[C@@H](Cc1ccccc1)C(=O)NC)C(C)C. The average Bonchev–Trinajstić information content (AvgIpc) is 0.843. The second-order valence-electron chi connectivity index (χ2n) is 32.4. The Morgan fingerprint density at radius 2 is 0.770 bits per heavy atom. The van der Waals surface area contributed by atoms with E-state index in [0.29, 0.717) is 12.8 Å². The predicted molar refractivity (Wildman–Crippen MR) is 459 cm³/mol. The quantitative estimate of drug-likeness (QED) is 0.0185. The molecule has 43 heteroatoms. The molecule has 15 amide bonds. The van der Waals surface area contributed by atoms with E-state index in [2.05, 4.69) is 85.1 Å². The molecule has 0 bridgehead atoms. The number of nitrogens with one attached hydrogen (secondary N) is 17.